The molecule has 0 aliphatic heterocycles. The molecule has 1 unspecified atom stereocenters. The Morgan fingerprint density at radius 3 is 2.24 bits per heavy atom. The minimum atomic E-state index is -0.118. The fourth-order valence-corrected chi connectivity index (χ4v) is 3.30. The van der Waals surface area contributed by atoms with Crippen LogP contribution in [0.4, 0.5) is 4.79 Å². The summed E-state index contributed by atoms with van der Waals surface area (Å²) < 4.78 is 0. The largest absolute Gasteiger partial charge is 0.353 e. The highest BCUT2D eigenvalue weighted by Crippen LogP contribution is 2.19. The van der Waals surface area contributed by atoms with Crippen LogP contribution < -0.4 is 16.0 Å². The van der Waals surface area contributed by atoms with Crippen LogP contribution in [0.25, 0.3) is 0 Å². The lowest BCUT2D eigenvalue weighted by atomic mass is 9.90. The van der Waals surface area contributed by atoms with E-state index < -0.39 is 0 Å². The maximum Gasteiger partial charge on any atom is 0.315 e. The molecule has 2 rings (SSSR count). The molecule has 3 amide bonds. The van der Waals surface area contributed by atoms with Gasteiger partial charge in [-0.15, -0.1) is 0 Å². The van der Waals surface area contributed by atoms with Gasteiger partial charge in [-0.2, -0.15) is 0 Å². The number of urea groups is 1. The number of nitrogens with one attached hydrogen (secondary N) is 3. The quantitative estimate of drug-likeness (QED) is 0.709. The lowest BCUT2D eigenvalue weighted by Crippen LogP contribution is -2.47. The average molecular weight is 345 g/mol. The molecule has 0 aromatic heterocycles. The Morgan fingerprint density at radius 2 is 1.64 bits per heavy atom. The Labute approximate surface area is 151 Å². The fourth-order valence-electron chi connectivity index (χ4n) is 3.30. The highest BCUT2D eigenvalue weighted by atomic mass is 16.2. The number of amides is 3. The molecule has 1 fully saturated rings. The fraction of sp³-hybridized carbons (Fsp3) is 0.600. The summed E-state index contributed by atoms with van der Waals surface area (Å²) in [6, 6.07) is 10.2. The van der Waals surface area contributed by atoms with Crippen molar-refractivity contribution in [3.8, 4) is 0 Å². The molecule has 1 aliphatic rings. The Bertz CT molecular complexity index is 539. The normalized spacial score (nSPS) is 21.2. The Morgan fingerprint density at radius 1 is 1.04 bits per heavy atom. The SMILES string of the molecule is CCCC(C)C(=O)NC1CCC(NC(=O)NCc2ccccc2)CC1. The van der Waals surface area contributed by atoms with Gasteiger partial charge in [-0.25, -0.2) is 4.79 Å². The second-order valence-corrected chi connectivity index (χ2v) is 7.06. The van der Waals surface area contributed by atoms with Crippen LogP contribution in [0.3, 0.4) is 0 Å². The van der Waals surface area contributed by atoms with Crippen molar-refractivity contribution in [1.82, 2.24) is 16.0 Å². The number of rotatable bonds is 7. The summed E-state index contributed by atoms with van der Waals surface area (Å²) in [5.41, 5.74) is 1.09. The summed E-state index contributed by atoms with van der Waals surface area (Å²) in [7, 11) is 0. The van der Waals surface area contributed by atoms with E-state index >= 15 is 0 Å². The van der Waals surface area contributed by atoms with Gasteiger partial charge in [0.05, 0.1) is 0 Å². The van der Waals surface area contributed by atoms with E-state index in [4.69, 9.17) is 0 Å². The predicted molar refractivity (Wildman–Crippen MR) is 100 cm³/mol. The van der Waals surface area contributed by atoms with Crippen molar-refractivity contribution < 1.29 is 9.59 Å². The van der Waals surface area contributed by atoms with Crippen LogP contribution in [-0.2, 0) is 11.3 Å². The summed E-state index contributed by atoms with van der Waals surface area (Å²) in [4.78, 5) is 24.1. The van der Waals surface area contributed by atoms with Gasteiger partial charge in [0, 0.05) is 24.5 Å². The standard InChI is InChI=1S/C20H31N3O2/c1-3-7-15(2)19(24)22-17-10-12-18(13-11-17)23-20(25)21-14-16-8-5-4-6-9-16/h4-6,8-9,15,17-18H,3,7,10-14H2,1-2H3,(H,22,24)(H2,21,23,25). The van der Waals surface area contributed by atoms with Gasteiger partial charge in [0.25, 0.3) is 0 Å². The van der Waals surface area contributed by atoms with E-state index in [9.17, 15) is 9.59 Å². The highest BCUT2D eigenvalue weighted by Gasteiger charge is 2.24. The van der Waals surface area contributed by atoms with Gasteiger partial charge in [-0.1, -0.05) is 50.6 Å². The first-order chi connectivity index (χ1) is 12.1. The van der Waals surface area contributed by atoms with Crippen molar-refractivity contribution in [2.24, 2.45) is 5.92 Å². The molecule has 0 saturated heterocycles. The zero-order chi connectivity index (χ0) is 18.1. The van der Waals surface area contributed by atoms with Gasteiger partial charge < -0.3 is 16.0 Å². The zero-order valence-corrected chi connectivity index (χ0v) is 15.4. The van der Waals surface area contributed by atoms with Gasteiger partial charge in [0.1, 0.15) is 0 Å². The second-order valence-electron chi connectivity index (χ2n) is 7.06. The molecule has 5 nitrogen and oxygen atoms in total. The third-order valence-corrected chi connectivity index (χ3v) is 4.87. The van der Waals surface area contributed by atoms with Gasteiger partial charge in [-0.3, -0.25) is 4.79 Å². The molecule has 1 saturated carbocycles. The van der Waals surface area contributed by atoms with Gasteiger partial charge >= 0.3 is 6.03 Å². The summed E-state index contributed by atoms with van der Waals surface area (Å²) >= 11 is 0. The molecule has 1 atom stereocenters. The van der Waals surface area contributed by atoms with E-state index in [0.717, 1.165) is 44.1 Å². The van der Waals surface area contributed by atoms with Crippen LogP contribution in [0.5, 0.6) is 0 Å². The summed E-state index contributed by atoms with van der Waals surface area (Å²) in [6.07, 6.45) is 5.63. The monoisotopic (exact) mass is 345 g/mol. The van der Waals surface area contributed by atoms with Crippen LogP contribution in [0.2, 0.25) is 0 Å². The molecule has 138 valence electrons. The number of hydrogen-bond acceptors (Lipinski definition) is 2. The van der Waals surface area contributed by atoms with Crippen molar-refractivity contribution in [2.45, 2.75) is 71.0 Å². The van der Waals surface area contributed by atoms with Crippen molar-refractivity contribution in [1.29, 1.82) is 0 Å². The Hall–Kier alpha value is -2.04. The molecule has 0 heterocycles. The molecule has 1 aromatic carbocycles. The lowest BCUT2D eigenvalue weighted by Gasteiger charge is -2.30. The molecule has 0 bridgehead atoms. The Kier molecular flexibility index (Phi) is 7.76. The minimum absolute atomic E-state index is 0.0876. The molecule has 0 spiro atoms. The first-order valence-electron chi connectivity index (χ1n) is 9.47. The molecule has 1 aromatic rings. The Balaban J connectivity index is 1.64. The lowest BCUT2D eigenvalue weighted by molar-refractivity contribution is -0.125. The van der Waals surface area contributed by atoms with Crippen molar-refractivity contribution in [3.05, 3.63) is 35.9 Å². The summed E-state index contributed by atoms with van der Waals surface area (Å²) in [6.45, 7) is 4.62. The van der Waals surface area contributed by atoms with Crippen LogP contribution >= 0.6 is 0 Å². The van der Waals surface area contributed by atoms with Gasteiger partial charge in [-0.05, 0) is 37.7 Å². The van der Waals surface area contributed by atoms with Crippen LogP contribution in [-0.4, -0.2) is 24.0 Å². The maximum absolute atomic E-state index is 12.1. The molecule has 3 N–H and O–H groups in total. The molecule has 1 aliphatic carbocycles. The molecular weight excluding hydrogens is 314 g/mol. The number of benzene rings is 1. The van der Waals surface area contributed by atoms with E-state index in [1.165, 1.54) is 0 Å². The number of hydrogen-bond donors (Lipinski definition) is 3. The summed E-state index contributed by atoms with van der Waals surface area (Å²) in [5, 5.41) is 9.10. The first-order valence-corrected chi connectivity index (χ1v) is 9.47. The molecule has 5 heteroatoms. The highest BCUT2D eigenvalue weighted by molar-refractivity contribution is 5.78. The first kappa shape index (κ1) is 19.3. The number of carbonyl (C=O) groups excluding carboxylic acids is 2. The van der Waals surface area contributed by atoms with E-state index in [2.05, 4.69) is 22.9 Å². The van der Waals surface area contributed by atoms with E-state index in [1.54, 1.807) is 0 Å². The number of carbonyl (C=O) groups is 2. The van der Waals surface area contributed by atoms with E-state index in [0.29, 0.717) is 6.54 Å². The van der Waals surface area contributed by atoms with E-state index in [1.807, 2.05) is 37.3 Å². The van der Waals surface area contributed by atoms with Crippen molar-refractivity contribution >= 4 is 11.9 Å². The molecule has 0 radical (unpaired) electrons. The molecule has 25 heavy (non-hydrogen) atoms. The molecular formula is C20H31N3O2. The van der Waals surface area contributed by atoms with Gasteiger partial charge in [0.2, 0.25) is 5.91 Å². The van der Waals surface area contributed by atoms with Crippen LogP contribution in [0.1, 0.15) is 57.9 Å². The topological polar surface area (TPSA) is 70.2 Å². The van der Waals surface area contributed by atoms with Gasteiger partial charge in [0.15, 0.2) is 0 Å². The third-order valence-electron chi connectivity index (χ3n) is 4.87. The minimum Gasteiger partial charge on any atom is -0.353 e. The third kappa shape index (κ3) is 6.77. The average Bonchev–Trinajstić information content (AvgIpc) is 2.62. The second kappa shape index (κ2) is 10.1. The van der Waals surface area contributed by atoms with Crippen LogP contribution in [0, 0.1) is 5.92 Å². The predicted octanol–water partition coefficient (Wildman–Crippen LogP) is 3.35. The maximum atomic E-state index is 12.1. The summed E-state index contributed by atoms with van der Waals surface area (Å²) in [5.74, 6) is 0.253. The smallest absolute Gasteiger partial charge is 0.315 e. The zero-order valence-electron chi connectivity index (χ0n) is 15.4. The van der Waals surface area contributed by atoms with Crippen molar-refractivity contribution in [2.75, 3.05) is 0 Å². The van der Waals surface area contributed by atoms with Crippen molar-refractivity contribution in [3.63, 3.8) is 0 Å². The van der Waals surface area contributed by atoms with Crippen LogP contribution in [0.15, 0.2) is 30.3 Å². The van der Waals surface area contributed by atoms with E-state index in [-0.39, 0.29) is 29.9 Å².